The van der Waals surface area contributed by atoms with Crippen LogP contribution in [-0.2, 0) is 6.42 Å². The van der Waals surface area contributed by atoms with Gasteiger partial charge in [0.15, 0.2) is 0 Å². The van der Waals surface area contributed by atoms with Crippen LogP contribution in [-0.4, -0.2) is 27.1 Å². The smallest absolute Gasteiger partial charge is 0.291 e. The molecule has 2 N–H and O–H groups in total. The third kappa shape index (κ3) is 4.85. The predicted molar refractivity (Wildman–Crippen MR) is 71.4 cm³/mol. The molecule has 1 rings (SSSR count). The van der Waals surface area contributed by atoms with Crippen LogP contribution in [0.1, 0.15) is 69.3 Å². The molecule has 0 aliphatic rings. The third-order valence-electron chi connectivity index (χ3n) is 2.94. The van der Waals surface area contributed by atoms with Gasteiger partial charge >= 0.3 is 0 Å². The molecule has 5 heteroatoms. The van der Waals surface area contributed by atoms with Gasteiger partial charge in [-0.2, -0.15) is 0 Å². The van der Waals surface area contributed by atoms with Crippen molar-refractivity contribution in [3.8, 4) is 0 Å². The van der Waals surface area contributed by atoms with Crippen LogP contribution in [0.5, 0.6) is 0 Å². The molecule has 0 bridgehead atoms. The van der Waals surface area contributed by atoms with Gasteiger partial charge in [-0.15, -0.1) is 5.10 Å². The molecule has 1 atom stereocenters. The summed E-state index contributed by atoms with van der Waals surface area (Å²) in [5.41, 5.74) is 0. The lowest BCUT2D eigenvalue weighted by atomic mass is 10.1. The average molecular weight is 252 g/mol. The normalized spacial score (nSPS) is 12.4. The molecule has 0 radical (unpaired) electrons. The van der Waals surface area contributed by atoms with Crippen molar-refractivity contribution in [2.24, 2.45) is 0 Å². The van der Waals surface area contributed by atoms with Crippen LogP contribution < -0.4 is 5.32 Å². The highest BCUT2D eigenvalue weighted by Crippen LogP contribution is 2.05. The van der Waals surface area contributed by atoms with Crippen molar-refractivity contribution in [3.05, 3.63) is 11.6 Å². The van der Waals surface area contributed by atoms with Gasteiger partial charge in [0.2, 0.25) is 5.82 Å². The Morgan fingerprint density at radius 1 is 1.33 bits per heavy atom. The summed E-state index contributed by atoms with van der Waals surface area (Å²) in [6, 6.07) is 0.179. The lowest BCUT2D eigenvalue weighted by Crippen LogP contribution is -2.33. The molecule has 0 fully saturated rings. The maximum absolute atomic E-state index is 11.8. The van der Waals surface area contributed by atoms with E-state index in [0.717, 1.165) is 25.1 Å². The predicted octanol–water partition coefficient (Wildman–Crippen LogP) is 2.46. The van der Waals surface area contributed by atoms with E-state index in [2.05, 4.69) is 27.4 Å². The Hall–Kier alpha value is -1.39. The number of carbonyl (C=O) groups excluding carboxylic acids is 1. The molecule has 1 heterocycles. The monoisotopic (exact) mass is 252 g/mol. The lowest BCUT2D eigenvalue weighted by Gasteiger charge is -2.11. The van der Waals surface area contributed by atoms with Gasteiger partial charge in [0.25, 0.3) is 5.91 Å². The highest BCUT2D eigenvalue weighted by Gasteiger charge is 2.14. The second-order valence-electron chi connectivity index (χ2n) is 4.68. The Bertz CT molecular complexity index is 362. The minimum atomic E-state index is -0.186. The Balaban J connectivity index is 2.30. The molecule has 1 aromatic heterocycles. The van der Waals surface area contributed by atoms with E-state index in [4.69, 9.17) is 0 Å². The number of nitrogens with zero attached hydrogens (tertiary/aromatic N) is 2. The minimum Gasteiger partial charge on any atom is -0.347 e. The highest BCUT2D eigenvalue weighted by atomic mass is 16.2. The molecule has 0 saturated heterocycles. The summed E-state index contributed by atoms with van der Waals surface area (Å²) in [6.45, 7) is 6.19. The lowest BCUT2D eigenvalue weighted by molar-refractivity contribution is 0.0927. The van der Waals surface area contributed by atoms with Gasteiger partial charge < -0.3 is 5.32 Å². The first-order chi connectivity index (χ1) is 8.67. The Labute approximate surface area is 109 Å². The zero-order valence-electron chi connectivity index (χ0n) is 11.6. The van der Waals surface area contributed by atoms with E-state index in [0.29, 0.717) is 0 Å². The maximum atomic E-state index is 11.8. The van der Waals surface area contributed by atoms with Gasteiger partial charge in [0.05, 0.1) is 0 Å². The van der Waals surface area contributed by atoms with E-state index in [9.17, 15) is 4.79 Å². The SMILES string of the molecule is CCCCCCC(C)NC(=O)c1n[nH]c(CC)n1. The van der Waals surface area contributed by atoms with Crippen LogP contribution in [0, 0.1) is 0 Å². The van der Waals surface area contributed by atoms with Crippen molar-refractivity contribution in [3.63, 3.8) is 0 Å². The topological polar surface area (TPSA) is 70.7 Å². The van der Waals surface area contributed by atoms with E-state index >= 15 is 0 Å². The number of amides is 1. The molecule has 0 aliphatic heterocycles. The first-order valence-corrected chi connectivity index (χ1v) is 6.89. The standard InChI is InChI=1S/C13H24N4O/c1-4-6-7-8-9-10(3)14-13(18)12-15-11(5-2)16-17-12/h10H,4-9H2,1-3H3,(H,14,18)(H,15,16,17). The summed E-state index contributed by atoms with van der Waals surface area (Å²) >= 11 is 0. The van der Waals surface area contributed by atoms with Gasteiger partial charge in [0, 0.05) is 12.5 Å². The quantitative estimate of drug-likeness (QED) is 0.698. The Morgan fingerprint density at radius 2 is 2.11 bits per heavy atom. The van der Waals surface area contributed by atoms with Crippen molar-refractivity contribution in [1.82, 2.24) is 20.5 Å². The van der Waals surface area contributed by atoms with Crippen LogP contribution in [0.15, 0.2) is 0 Å². The second kappa shape index (κ2) is 7.84. The average Bonchev–Trinajstić information content (AvgIpc) is 2.83. The first kappa shape index (κ1) is 14.7. The number of aromatic nitrogens is 3. The second-order valence-corrected chi connectivity index (χ2v) is 4.68. The van der Waals surface area contributed by atoms with E-state index in [1.54, 1.807) is 0 Å². The van der Waals surface area contributed by atoms with E-state index in [1.807, 2.05) is 13.8 Å². The number of hydrogen-bond acceptors (Lipinski definition) is 3. The highest BCUT2D eigenvalue weighted by molar-refractivity contribution is 5.90. The summed E-state index contributed by atoms with van der Waals surface area (Å²) < 4.78 is 0. The Kier molecular flexibility index (Phi) is 6.39. The van der Waals surface area contributed by atoms with Crippen LogP contribution in [0.3, 0.4) is 0 Å². The van der Waals surface area contributed by atoms with E-state index < -0.39 is 0 Å². The van der Waals surface area contributed by atoms with Crippen molar-refractivity contribution < 1.29 is 4.79 Å². The minimum absolute atomic E-state index is 0.179. The number of H-pyrrole nitrogens is 1. The number of hydrogen-bond donors (Lipinski definition) is 2. The Morgan fingerprint density at radius 3 is 2.72 bits per heavy atom. The fourth-order valence-corrected chi connectivity index (χ4v) is 1.79. The van der Waals surface area contributed by atoms with E-state index in [-0.39, 0.29) is 17.8 Å². The molecule has 5 nitrogen and oxygen atoms in total. The number of aryl methyl sites for hydroxylation is 1. The van der Waals surface area contributed by atoms with Gasteiger partial charge in [-0.1, -0.05) is 39.5 Å². The van der Waals surface area contributed by atoms with Crippen LogP contribution >= 0.6 is 0 Å². The number of nitrogens with one attached hydrogen (secondary N) is 2. The van der Waals surface area contributed by atoms with Gasteiger partial charge in [-0.05, 0) is 13.3 Å². The van der Waals surface area contributed by atoms with Crippen LogP contribution in [0.4, 0.5) is 0 Å². The fourth-order valence-electron chi connectivity index (χ4n) is 1.79. The van der Waals surface area contributed by atoms with Gasteiger partial charge in [0.1, 0.15) is 5.82 Å². The molecule has 0 aromatic carbocycles. The molecule has 1 amide bonds. The third-order valence-corrected chi connectivity index (χ3v) is 2.94. The number of carbonyl (C=O) groups is 1. The van der Waals surface area contributed by atoms with Crippen molar-refractivity contribution in [1.29, 1.82) is 0 Å². The zero-order chi connectivity index (χ0) is 13.4. The fraction of sp³-hybridized carbons (Fsp3) is 0.769. The van der Waals surface area contributed by atoms with E-state index in [1.165, 1.54) is 19.3 Å². The molecule has 1 unspecified atom stereocenters. The number of rotatable bonds is 8. The molecular weight excluding hydrogens is 228 g/mol. The zero-order valence-corrected chi connectivity index (χ0v) is 11.6. The summed E-state index contributed by atoms with van der Waals surface area (Å²) in [5, 5.41) is 9.58. The largest absolute Gasteiger partial charge is 0.347 e. The van der Waals surface area contributed by atoms with Crippen molar-refractivity contribution in [2.75, 3.05) is 0 Å². The van der Waals surface area contributed by atoms with Gasteiger partial charge in [-0.3, -0.25) is 9.89 Å². The summed E-state index contributed by atoms with van der Waals surface area (Å²) in [6.07, 6.45) is 6.66. The van der Waals surface area contributed by atoms with Crippen molar-refractivity contribution in [2.45, 2.75) is 65.3 Å². The molecule has 18 heavy (non-hydrogen) atoms. The molecule has 0 saturated carbocycles. The first-order valence-electron chi connectivity index (χ1n) is 6.89. The van der Waals surface area contributed by atoms with Crippen LogP contribution in [0.25, 0.3) is 0 Å². The van der Waals surface area contributed by atoms with Gasteiger partial charge in [-0.25, -0.2) is 4.98 Å². The molecule has 102 valence electrons. The summed E-state index contributed by atoms with van der Waals surface area (Å²) in [7, 11) is 0. The molecule has 0 spiro atoms. The molecule has 1 aromatic rings. The maximum Gasteiger partial charge on any atom is 0.291 e. The number of aromatic amines is 1. The molecular formula is C13H24N4O. The molecule has 0 aliphatic carbocycles. The summed E-state index contributed by atoms with van der Waals surface area (Å²) in [5.74, 6) is 0.803. The van der Waals surface area contributed by atoms with Crippen molar-refractivity contribution >= 4 is 5.91 Å². The van der Waals surface area contributed by atoms with Crippen LogP contribution in [0.2, 0.25) is 0 Å². The summed E-state index contributed by atoms with van der Waals surface area (Å²) in [4.78, 5) is 15.9. The number of unbranched alkanes of at least 4 members (excludes halogenated alkanes) is 3.